The van der Waals surface area contributed by atoms with E-state index in [4.69, 9.17) is 10.5 Å². The van der Waals surface area contributed by atoms with E-state index in [1.807, 2.05) is 43.3 Å². The largest absolute Gasteiger partial charge is 0.496 e. The van der Waals surface area contributed by atoms with E-state index in [0.717, 1.165) is 27.0 Å². The van der Waals surface area contributed by atoms with Crippen molar-refractivity contribution >= 4 is 21.6 Å². The lowest BCUT2D eigenvalue weighted by Crippen LogP contribution is -2.20. The van der Waals surface area contributed by atoms with E-state index in [9.17, 15) is 0 Å². The molecule has 2 rings (SSSR count). The molecule has 0 fully saturated rings. The molecule has 3 N–H and O–H groups in total. The average molecular weight is 335 g/mol. The van der Waals surface area contributed by atoms with Crippen LogP contribution >= 0.6 is 15.9 Å². The number of benzene rings is 2. The van der Waals surface area contributed by atoms with Crippen LogP contribution < -0.4 is 15.8 Å². The zero-order valence-electron chi connectivity index (χ0n) is 11.7. The number of rotatable bonds is 5. The van der Waals surface area contributed by atoms with Crippen molar-refractivity contribution in [1.82, 2.24) is 0 Å². The summed E-state index contributed by atoms with van der Waals surface area (Å²) in [4.78, 5) is 0. The second kappa shape index (κ2) is 6.77. The van der Waals surface area contributed by atoms with Gasteiger partial charge in [0.25, 0.3) is 0 Å². The number of hydrogen-bond donors (Lipinski definition) is 2. The Bertz CT molecular complexity index is 586. The van der Waals surface area contributed by atoms with E-state index in [0.29, 0.717) is 6.54 Å². The maximum atomic E-state index is 5.91. The highest BCUT2D eigenvalue weighted by Gasteiger charge is 2.11. The molecule has 20 heavy (non-hydrogen) atoms. The molecule has 0 saturated carbocycles. The van der Waals surface area contributed by atoms with Crippen LogP contribution in [0.4, 0.5) is 5.69 Å². The normalized spacial score (nSPS) is 12.0. The molecule has 0 radical (unpaired) electrons. The molecule has 0 bridgehead atoms. The Morgan fingerprint density at radius 1 is 1.25 bits per heavy atom. The van der Waals surface area contributed by atoms with Crippen molar-refractivity contribution in [3.63, 3.8) is 0 Å². The molecule has 0 spiro atoms. The zero-order valence-corrected chi connectivity index (χ0v) is 13.3. The Morgan fingerprint density at radius 2 is 2.05 bits per heavy atom. The molecule has 0 heterocycles. The van der Waals surface area contributed by atoms with Crippen molar-refractivity contribution in [2.24, 2.45) is 5.73 Å². The smallest absolute Gasteiger partial charge is 0.121 e. The van der Waals surface area contributed by atoms with Crippen LogP contribution in [0.5, 0.6) is 5.75 Å². The van der Waals surface area contributed by atoms with Crippen LogP contribution in [0.3, 0.4) is 0 Å². The Morgan fingerprint density at radius 3 is 2.65 bits per heavy atom. The second-order valence-corrected chi connectivity index (χ2v) is 5.59. The van der Waals surface area contributed by atoms with Gasteiger partial charge in [0, 0.05) is 16.7 Å². The van der Waals surface area contributed by atoms with Gasteiger partial charge in [-0.1, -0.05) is 34.1 Å². The first-order valence-corrected chi connectivity index (χ1v) is 7.30. The highest BCUT2D eigenvalue weighted by molar-refractivity contribution is 9.10. The molecule has 2 aromatic rings. The first kappa shape index (κ1) is 14.9. The summed E-state index contributed by atoms with van der Waals surface area (Å²) in [5, 5.41) is 3.45. The highest BCUT2D eigenvalue weighted by atomic mass is 79.9. The third-order valence-electron chi connectivity index (χ3n) is 3.22. The summed E-state index contributed by atoms with van der Waals surface area (Å²) in [5.41, 5.74) is 9.22. The molecular weight excluding hydrogens is 316 g/mol. The summed E-state index contributed by atoms with van der Waals surface area (Å²) >= 11 is 3.47. The molecule has 0 aromatic heterocycles. The van der Waals surface area contributed by atoms with Gasteiger partial charge in [-0.15, -0.1) is 0 Å². The fraction of sp³-hybridized carbons (Fsp3) is 0.250. The second-order valence-electron chi connectivity index (χ2n) is 4.67. The lowest BCUT2D eigenvalue weighted by Gasteiger charge is -2.20. The molecule has 2 aromatic carbocycles. The quantitative estimate of drug-likeness (QED) is 0.872. The van der Waals surface area contributed by atoms with Crippen LogP contribution in [-0.4, -0.2) is 13.7 Å². The molecule has 1 unspecified atom stereocenters. The predicted octanol–water partition coefficient (Wildman–Crippen LogP) is 3.88. The van der Waals surface area contributed by atoms with Gasteiger partial charge in [-0.3, -0.25) is 0 Å². The predicted molar refractivity (Wildman–Crippen MR) is 87.3 cm³/mol. The minimum absolute atomic E-state index is 0.0777. The van der Waals surface area contributed by atoms with Crippen LogP contribution in [0, 0.1) is 6.92 Å². The summed E-state index contributed by atoms with van der Waals surface area (Å²) in [6.45, 7) is 2.56. The summed E-state index contributed by atoms with van der Waals surface area (Å²) in [7, 11) is 1.68. The number of nitrogens with two attached hydrogens (primary N) is 1. The van der Waals surface area contributed by atoms with E-state index in [1.165, 1.54) is 0 Å². The van der Waals surface area contributed by atoms with Gasteiger partial charge in [0.15, 0.2) is 0 Å². The molecule has 0 amide bonds. The van der Waals surface area contributed by atoms with Crippen LogP contribution in [0.15, 0.2) is 46.9 Å². The van der Waals surface area contributed by atoms with E-state index >= 15 is 0 Å². The third-order valence-corrected chi connectivity index (χ3v) is 3.72. The Kier molecular flexibility index (Phi) is 5.04. The highest BCUT2D eigenvalue weighted by Crippen LogP contribution is 2.25. The Hall–Kier alpha value is -1.52. The van der Waals surface area contributed by atoms with Crippen molar-refractivity contribution in [2.75, 3.05) is 19.0 Å². The number of ether oxygens (including phenoxy) is 1. The minimum Gasteiger partial charge on any atom is -0.496 e. The molecule has 0 saturated heterocycles. The number of methoxy groups -OCH3 is 1. The van der Waals surface area contributed by atoms with Crippen LogP contribution in [0.1, 0.15) is 17.2 Å². The van der Waals surface area contributed by atoms with E-state index in [1.54, 1.807) is 7.11 Å². The van der Waals surface area contributed by atoms with E-state index < -0.39 is 0 Å². The minimum atomic E-state index is 0.0777. The van der Waals surface area contributed by atoms with Crippen molar-refractivity contribution < 1.29 is 4.74 Å². The molecular formula is C16H19BrN2O. The standard InChI is InChI=1S/C16H19BrN2O/c1-11-8-12(6-7-16(11)20-2)15(10-18)19-14-5-3-4-13(17)9-14/h3-9,15,19H,10,18H2,1-2H3. The van der Waals surface area contributed by atoms with Crippen molar-refractivity contribution in [1.29, 1.82) is 0 Å². The maximum Gasteiger partial charge on any atom is 0.121 e. The van der Waals surface area contributed by atoms with Gasteiger partial charge < -0.3 is 15.8 Å². The summed E-state index contributed by atoms with van der Waals surface area (Å²) in [6, 6.07) is 14.3. The number of nitrogens with one attached hydrogen (secondary N) is 1. The molecule has 0 aliphatic carbocycles. The molecule has 1 atom stereocenters. The topological polar surface area (TPSA) is 47.3 Å². The number of halogens is 1. The third kappa shape index (κ3) is 3.52. The SMILES string of the molecule is COc1ccc(C(CN)Nc2cccc(Br)c2)cc1C. The summed E-state index contributed by atoms with van der Waals surface area (Å²) in [5.74, 6) is 0.895. The van der Waals surface area contributed by atoms with Crippen molar-refractivity contribution in [3.05, 3.63) is 58.1 Å². The number of anilines is 1. The molecule has 3 nitrogen and oxygen atoms in total. The lowest BCUT2D eigenvalue weighted by atomic mass is 10.0. The van der Waals surface area contributed by atoms with Gasteiger partial charge in [0.2, 0.25) is 0 Å². The summed E-state index contributed by atoms with van der Waals surface area (Å²) in [6.07, 6.45) is 0. The summed E-state index contributed by atoms with van der Waals surface area (Å²) < 4.78 is 6.34. The van der Waals surface area contributed by atoms with Gasteiger partial charge in [0.05, 0.1) is 13.2 Å². The molecule has 0 aliphatic rings. The fourth-order valence-corrected chi connectivity index (χ4v) is 2.58. The van der Waals surface area contributed by atoms with Gasteiger partial charge in [-0.25, -0.2) is 0 Å². The number of aryl methyl sites for hydroxylation is 1. The molecule has 4 heteroatoms. The van der Waals surface area contributed by atoms with Gasteiger partial charge in [-0.05, 0) is 42.3 Å². The Labute approximate surface area is 128 Å². The lowest BCUT2D eigenvalue weighted by molar-refractivity contribution is 0.411. The van der Waals surface area contributed by atoms with Crippen molar-refractivity contribution in [2.45, 2.75) is 13.0 Å². The first-order chi connectivity index (χ1) is 9.63. The van der Waals surface area contributed by atoms with Gasteiger partial charge in [-0.2, -0.15) is 0 Å². The zero-order chi connectivity index (χ0) is 14.5. The van der Waals surface area contributed by atoms with E-state index in [2.05, 4.69) is 27.3 Å². The number of hydrogen-bond acceptors (Lipinski definition) is 3. The van der Waals surface area contributed by atoms with Gasteiger partial charge in [0.1, 0.15) is 5.75 Å². The molecule has 0 aliphatic heterocycles. The first-order valence-electron chi connectivity index (χ1n) is 6.50. The Balaban J connectivity index is 2.22. The average Bonchev–Trinajstić information content (AvgIpc) is 2.44. The fourth-order valence-electron chi connectivity index (χ4n) is 2.18. The molecule has 106 valence electrons. The van der Waals surface area contributed by atoms with Gasteiger partial charge >= 0.3 is 0 Å². The van der Waals surface area contributed by atoms with Crippen LogP contribution in [0.25, 0.3) is 0 Å². The van der Waals surface area contributed by atoms with Crippen molar-refractivity contribution in [3.8, 4) is 5.75 Å². The monoisotopic (exact) mass is 334 g/mol. The van der Waals surface area contributed by atoms with E-state index in [-0.39, 0.29) is 6.04 Å². The van der Waals surface area contributed by atoms with Crippen LogP contribution in [0.2, 0.25) is 0 Å². The van der Waals surface area contributed by atoms with Crippen LogP contribution in [-0.2, 0) is 0 Å². The maximum absolute atomic E-state index is 5.91.